The van der Waals surface area contributed by atoms with Crippen LogP contribution in [0.2, 0.25) is 0 Å². The van der Waals surface area contributed by atoms with Crippen LogP contribution in [0.25, 0.3) is 0 Å². The second-order valence-electron chi connectivity index (χ2n) is 3.49. The Morgan fingerprint density at radius 2 is 2.38 bits per heavy atom. The van der Waals surface area contributed by atoms with Crippen molar-refractivity contribution in [1.29, 1.82) is 0 Å². The number of ether oxygens (including phenoxy) is 1. The molecule has 7 heteroatoms. The SMILES string of the molecule is O=c1ncccn1[C@H]1O[C@@H](CO)[C@@H](O)[C@H]1F. The van der Waals surface area contributed by atoms with Gasteiger partial charge in [-0.15, -0.1) is 0 Å². The van der Waals surface area contributed by atoms with Gasteiger partial charge in [0.1, 0.15) is 12.2 Å². The predicted molar refractivity (Wildman–Crippen MR) is 50.4 cm³/mol. The molecule has 2 N–H and O–H groups in total. The van der Waals surface area contributed by atoms with Crippen LogP contribution in [-0.2, 0) is 4.74 Å². The molecule has 1 aromatic rings. The summed E-state index contributed by atoms with van der Waals surface area (Å²) in [6, 6.07) is 1.45. The van der Waals surface area contributed by atoms with E-state index < -0.39 is 36.9 Å². The molecule has 0 amide bonds. The Kier molecular flexibility index (Phi) is 2.99. The molecular weight excluding hydrogens is 219 g/mol. The fraction of sp³-hybridized carbons (Fsp3) is 0.556. The molecule has 0 unspecified atom stereocenters. The summed E-state index contributed by atoms with van der Waals surface area (Å²) in [6.07, 6.45) is -2.87. The van der Waals surface area contributed by atoms with Gasteiger partial charge >= 0.3 is 5.69 Å². The summed E-state index contributed by atoms with van der Waals surface area (Å²) in [5, 5.41) is 18.2. The average Bonchev–Trinajstić information content (AvgIpc) is 2.57. The third kappa shape index (κ3) is 1.73. The van der Waals surface area contributed by atoms with E-state index in [0.717, 1.165) is 4.57 Å². The molecule has 0 aliphatic carbocycles. The van der Waals surface area contributed by atoms with E-state index >= 15 is 0 Å². The van der Waals surface area contributed by atoms with Crippen molar-refractivity contribution in [2.75, 3.05) is 6.61 Å². The van der Waals surface area contributed by atoms with Crippen molar-refractivity contribution in [3.63, 3.8) is 0 Å². The van der Waals surface area contributed by atoms with Gasteiger partial charge in [0.25, 0.3) is 0 Å². The molecule has 16 heavy (non-hydrogen) atoms. The van der Waals surface area contributed by atoms with Crippen LogP contribution in [0.5, 0.6) is 0 Å². The molecule has 2 heterocycles. The summed E-state index contributed by atoms with van der Waals surface area (Å²) >= 11 is 0. The van der Waals surface area contributed by atoms with Gasteiger partial charge in [-0.25, -0.2) is 14.2 Å². The normalized spacial score (nSPS) is 34.2. The maximum Gasteiger partial charge on any atom is 0.349 e. The van der Waals surface area contributed by atoms with Crippen LogP contribution in [0.15, 0.2) is 23.3 Å². The Morgan fingerprint density at radius 1 is 1.62 bits per heavy atom. The zero-order chi connectivity index (χ0) is 11.7. The third-order valence-electron chi connectivity index (χ3n) is 2.49. The van der Waals surface area contributed by atoms with E-state index in [4.69, 9.17) is 9.84 Å². The summed E-state index contributed by atoms with van der Waals surface area (Å²) in [4.78, 5) is 14.8. The van der Waals surface area contributed by atoms with Crippen LogP contribution >= 0.6 is 0 Å². The monoisotopic (exact) mass is 230 g/mol. The standard InChI is InChI=1S/C9H11FN2O4/c10-6-7(14)5(4-13)16-8(6)12-3-1-2-11-9(12)15/h1-3,5-8,13-14H,4H2/t5-,6+,7+,8-/m0/s1. The number of alkyl halides is 1. The number of rotatable bonds is 2. The van der Waals surface area contributed by atoms with Crippen LogP contribution in [0.3, 0.4) is 0 Å². The van der Waals surface area contributed by atoms with Gasteiger partial charge < -0.3 is 14.9 Å². The summed E-state index contributed by atoms with van der Waals surface area (Å²) < 4.78 is 19.6. The topological polar surface area (TPSA) is 84.6 Å². The number of aliphatic hydroxyl groups excluding tert-OH is 2. The number of aliphatic hydroxyl groups is 2. The Morgan fingerprint density at radius 3 is 2.94 bits per heavy atom. The molecule has 0 bridgehead atoms. The Labute approximate surface area is 89.9 Å². The van der Waals surface area contributed by atoms with E-state index in [0.29, 0.717) is 0 Å². The van der Waals surface area contributed by atoms with Crippen LogP contribution in [0.1, 0.15) is 6.23 Å². The quantitative estimate of drug-likeness (QED) is 0.669. The first-order valence-corrected chi connectivity index (χ1v) is 4.76. The van der Waals surface area contributed by atoms with Gasteiger partial charge in [-0.3, -0.25) is 4.57 Å². The Balaban J connectivity index is 2.30. The van der Waals surface area contributed by atoms with Crippen molar-refractivity contribution >= 4 is 0 Å². The molecule has 6 nitrogen and oxygen atoms in total. The molecule has 2 rings (SSSR count). The van der Waals surface area contributed by atoms with Gasteiger partial charge in [-0.2, -0.15) is 0 Å². The largest absolute Gasteiger partial charge is 0.394 e. The van der Waals surface area contributed by atoms with Gasteiger partial charge in [0.15, 0.2) is 12.4 Å². The van der Waals surface area contributed by atoms with E-state index in [2.05, 4.69) is 4.98 Å². The third-order valence-corrected chi connectivity index (χ3v) is 2.49. The maximum absolute atomic E-state index is 13.6. The lowest BCUT2D eigenvalue weighted by molar-refractivity contribution is -0.0491. The number of nitrogens with zero attached hydrogens (tertiary/aromatic N) is 2. The first-order valence-electron chi connectivity index (χ1n) is 4.76. The second-order valence-corrected chi connectivity index (χ2v) is 3.49. The molecule has 1 aromatic heterocycles. The zero-order valence-corrected chi connectivity index (χ0v) is 8.23. The zero-order valence-electron chi connectivity index (χ0n) is 8.23. The molecule has 0 aromatic carbocycles. The highest BCUT2D eigenvalue weighted by atomic mass is 19.1. The van der Waals surface area contributed by atoms with Crippen LogP contribution in [0.4, 0.5) is 4.39 Å². The van der Waals surface area contributed by atoms with Gasteiger partial charge in [-0.1, -0.05) is 0 Å². The average molecular weight is 230 g/mol. The molecule has 1 aliphatic rings. The number of hydrogen-bond acceptors (Lipinski definition) is 5. The summed E-state index contributed by atoms with van der Waals surface area (Å²) in [5.41, 5.74) is -0.666. The number of aromatic nitrogens is 2. The Hall–Kier alpha value is -1.31. The molecule has 1 fully saturated rings. The molecular formula is C9H11FN2O4. The second kappa shape index (κ2) is 4.28. The molecule has 0 saturated carbocycles. The summed E-state index contributed by atoms with van der Waals surface area (Å²) in [5.74, 6) is 0. The van der Waals surface area contributed by atoms with Crippen molar-refractivity contribution in [2.24, 2.45) is 0 Å². The van der Waals surface area contributed by atoms with Crippen LogP contribution in [-0.4, -0.2) is 44.8 Å². The maximum atomic E-state index is 13.6. The fourth-order valence-electron chi connectivity index (χ4n) is 1.64. The molecule has 0 spiro atoms. The van der Waals surface area contributed by atoms with E-state index in [1.807, 2.05) is 0 Å². The highest BCUT2D eigenvalue weighted by Gasteiger charge is 2.45. The van der Waals surface area contributed by atoms with E-state index in [1.165, 1.54) is 18.5 Å². The predicted octanol–water partition coefficient (Wildman–Crippen LogP) is -1.17. The van der Waals surface area contributed by atoms with Crippen molar-refractivity contribution in [2.45, 2.75) is 24.6 Å². The van der Waals surface area contributed by atoms with Gasteiger partial charge in [0.2, 0.25) is 0 Å². The highest BCUT2D eigenvalue weighted by molar-refractivity contribution is 4.92. The summed E-state index contributed by atoms with van der Waals surface area (Å²) in [6.45, 7) is -0.507. The first-order chi connectivity index (χ1) is 7.65. The van der Waals surface area contributed by atoms with Crippen LogP contribution < -0.4 is 5.69 Å². The Bertz CT molecular complexity index is 424. The van der Waals surface area contributed by atoms with Crippen molar-refractivity contribution in [3.8, 4) is 0 Å². The minimum atomic E-state index is -1.76. The van der Waals surface area contributed by atoms with Crippen molar-refractivity contribution < 1.29 is 19.3 Å². The molecule has 88 valence electrons. The lowest BCUT2D eigenvalue weighted by Gasteiger charge is -2.14. The number of hydrogen-bond donors (Lipinski definition) is 2. The van der Waals surface area contributed by atoms with E-state index in [-0.39, 0.29) is 0 Å². The van der Waals surface area contributed by atoms with Gasteiger partial charge in [0, 0.05) is 12.4 Å². The van der Waals surface area contributed by atoms with Crippen LogP contribution in [0, 0.1) is 0 Å². The van der Waals surface area contributed by atoms with Gasteiger partial charge in [-0.05, 0) is 6.07 Å². The molecule has 4 atom stereocenters. The van der Waals surface area contributed by atoms with E-state index in [1.54, 1.807) is 0 Å². The van der Waals surface area contributed by atoms with Gasteiger partial charge in [0.05, 0.1) is 6.61 Å². The van der Waals surface area contributed by atoms with Crippen molar-refractivity contribution in [3.05, 3.63) is 28.9 Å². The molecule has 0 radical (unpaired) electrons. The minimum absolute atomic E-state index is 0.507. The molecule has 1 aliphatic heterocycles. The molecule has 1 saturated heterocycles. The number of halogens is 1. The minimum Gasteiger partial charge on any atom is -0.394 e. The van der Waals surface area contributed by atoms with E-state index in [9.17, 15) is 14.3 Å². The highest BCUT2D eigenvalue weighted by Crippen LogP contribution is 2.30. The smallest absolute Gasteiger partial charge is 0.349 e. The lowest BCUT2D eigenvalue weighted by atomic mass is 10.1. The summed E-state index contributed by atoms with van der Waals surface area (Å²) in [7, 11) is 0. The fourth-order valence-corrected chi connectivity index (χ4v) is 1.64. The lowest BCUT2D eigenvalue weighted by Crippen LogP contribution is -2.33. The van der Waals surface area contributed by atoms with Crippen molar-refractivity contribution in [1.82, 2.24) is 9.55 Å². The first kappa shape index (κ1) is 11.2.